The highest BCUT2D eigenvalue weighted by atomic mass is 79.9. The van der Waals surface area contributed by atoms with Crippen LogP contribution in [0.15, 0.2) is 70.2 Å². The normalized spacial score (nSPS) is 10.6. The lowest BCUT2D eigenvalue weighted by atomic mass is 10.2. The molecule has 0 unspecified atom stereocenters. The van der Waals surface area contributed by atoms with Crippen molar-refractivity contribution in [3.8, 4) is 5.75 Å². The average molecular weight is 389 g/mol. The van der Waals surface area contributed by atoms with Gasteiger partial charge < -0.3 is 9.30 Å². The summed E-state index contributed by atoms with van der Waals surface area (Å²) in [6, 6.07) is 14.4. The largest absolute Gasteiger partial charge is 0.487 e. The number of rotatable bonds is 5. The second-order valence-corrected chi connectivity index (χ2v) is 5.98. The summed E-state index contributed by atoms with van der Waals surface area (Å²) in [5.74, 6) is -0.0940. The van der Waals surface area contributed by atoms with Crippen LogP contribution in [0.4, 0.5) is 4.39 Å². The van der Waals surface area contributed by atoms with Gasteiger partial charge in [0.15, 0.2) is 0 Å². The molecule has 1 aromatic carbocycles. The summed E-state index contributed by atoms with van der Waals surface area (Å²) >= 11 is 3.29. The van der Waals surface area contributed by atoms with Gasteiger partial charge in [-0.2, -0.15) is 4.39 Å². The highest BCUT2D eigenvalue weighted by molar-refractivity contribution is 9.10. The van der Waals surface area contributed by atoms with Crippen molar-refractivity contribution in [3.63, 3.8) is 0 Å². The Morgan fingerprint density at radius 3 is 2.67 bits per heavy atom. The third-order valence-corrected chi connectivity index (χ3v) is 4.18. The van der Waals surface area contributed by atoms with E-state index in [0.29, 0.717) is 22.4 Å². The smallest absolute Gasteiger partial charge is 0.268 e. The van der Waals surface area contributed by atoms with Crippen LogP contribution in [0.5, 0.6) is 5.75 Å². The second kappa shape index (κ2) is 7.40. The van der Waals surface area contributed by atoms with Crippen molar-refractivity contribution in [2.75, 3.05) is 0 Å². The topological polar surface area (TPSA) is 44.1 Å². The molecule has 24 heavy (non-hydrogen) atoms. The van der Waals surface area contributed by atoms with Crippen molar-refractivity contribution < 1.29 is 9.13 Å². The summed E-state index contributed by atoms with van der Waals surface area (Å²) in [6.07, 6.45) is 3.01. The Labute approximate surface area is 146 Å². The molecule has 3 rings (SSSR count). The van der Waals surface area contributed by atoms with Gasteiger partial charge in [0.25, 0.3) is 5.56 Å². The van der Waals surface area contributed by atoms with Crippen molar-refractivity contribution in [2.24, 2.45) is 0 Å². The monoisotopic (exact) mass is 388 g/mol. The van der Waals surface area contributed by atoms with E-state index in [-0.39, 0.29) is 12.1 Å². The first-order valence-electron chi connectivity index (χ1n) is 7.29. The van der Waals surface area contributed by atoms with Gasteiger partial charge in [-0.15, -0.1) is 0 Å². The van der Waals surface area contributed by atoms with Gasteiger partial charge in [-0.25, -0.2) is 4.98 Å². The number of ether oxygens (including phenoxy) is 1. The molecule has 3 aromatic rings. The van der Waals surface area contributed by atoms with Crippen molar-refractivity contribution in [3.05, 3.63) is 92.8 Å². The number of nitrogens with zero attached hydrogens (tertiary/aromatic N) is 2. The van der Waals surface area contributed by atoms with E-state index in [0.717, 1.165) is 5.56 Å². The minimum atomic E-state index is -0.567. The highest BCUT2D eigenvalue weighted by Crippen LogP contribution is 2.21. The predicted octanol–water partition coefficient (Wildman–Crippen LogP) is 3.77. The molecule has 0 atom stereocenters. The number of pyridine rings is 2. The molecule has 0 N–H and O–H groups in total. The Kier molecular flexibility index (Phi) is 5.05. The molecule has 2 aromatic heterocycles. The molecular formula is C18H14BrFN2O2. The molecule has 4 nitrogen and oxygen atoms in total. The number of aromatic nitrogens is 2. The number of hydrogen-bond acceptors (Lipinski definition) is 3. The fraction of sp³-hybridized carbons (Fsp3) is 0.111. The van der Waals surface area contributed by atoms with Gasteiger partial charge in [0.05, 0.1) is 6.54 Å². The lowest BCUT2D eigenvalue weighted by Gasteiger charge is -2.11. The Morgan fingerprint density at radius 1 is 1.12 bits per heavy atom. The van der Waals surface area contributed by atoms with E-state index in [1.54, 1.807) is 18.3 Å². The van der Waals surface area contributed by atoms with Crippen LogP contribution >= 0.6 is 15.9 Å². The van der Waals surface area contributed by atoms with Crippen LogP contribution in [0.2, 0.25) is 0 Å². The first-order chi connectivity index (χ1) is 11.6. The minimum Gasteiger partial charge on any atom is -0.487 e. The Balaban J connectivity index is 1.77. The van der Waals surface area contributed by atoms with E-state index >= 15 is 0 Å². The average Bonchev–Trinajstić information content (AvgIpc) is 2.59. The molecule has 0 aliphatic rings. The van der Waals surface area contributed by atoms with Gasteiger partial charge in [-0.1, -0.05) is 30.3 Å². The number of benzene rings is 1. The summed E-state index contributed by atoms with van der Waals surface area (Å²) in [5.41, 5.74) is 1.44. The number of hydrogen-bond donors (Lipinski definition) is 0. The van der Waals surface area contributed by atoms with Gasteiger partial charge >= 0.3 is 0 Å². The summed E-state index contributed by atoms with van der Waals surface area (Å²) in [7, 11) is 0. The fourth-order valence-corrected chi connectivity index (χ4v) is 2.71. The molecule has 0 saturated heterocycles. The predicted molar refractivity (Wildman–Crippen MR) is 92.5 cm³/mol. The zero-order chi connectivity index (χ0) is 16.9. The third-order valence-electron chi connectivity index (χ3n) is 3.45. The molecule has 6 heteroatoms. The van der Waals surface area contributed by atoms with Crippen LogP contribution in [0.1, 0.15) is 11.1 Å². The molecule has 0 radical (unpaired) electrons. The third kappa shape index (κ3) is 3.89. The quantitative estimate of drug-likeness (QED) is 0.624. The Morgan fingerprint density at radius 2 is 1.92 bits per heavy atom. The van der Waals surface area contributed by atoms with Gasteiger partial charge in [0, 0.05) is 12.4 Å². The molecular weight excluding hydrogens is 375 g/mol. The van der Waals surface area contributed by atoms with Crippen LogP contribution in [0, 0.1) is 5.95 Å². The summed E-state index contributed by atoms with van der Waals surface area (Å²) < 4.78 is 20.7. The second-order valence-electron chi connectivity index (χ2n) is 5.19. The van der Waals surface area contributed by atoms with E-state index in [4.69, 9.17) is 4.74 Å². The molecule has 0 saturated carbocycles. The Hall–Kier alpha value is -2.47. The lowest BCUT2D eigenvalue weighted by molar-refractivity contribution is 0.302. The van der Waals surface area contributed by atoms with E-state index < -0.39 is 5.95 Å². The zero-order valence-electron chi connectivity index (χ0n) is 12.7. The van der Waals surface area contributed by atoms with Crippen LogP contribution < -0.4 is 10.3 Å². The highest BCUT2D eigenvalue weighted by Gasteiger charge is 2.09. The maximum absolute atomic E-state index is 13.1. The van der Waals surface area contributed by atoms with Crippen molar-refractivity contribution in [1.29, 1.82) is 0 Å². The first-order valence-corrected chi connectivity index (χ1v) is 8.09. The van der Waals surface area contributed by atoms with Gasteiger partial charge in [0.1, 0.15) is 16.8 Å². The first kappa shape index (κ1) is 16.4. The van der Waals surface area contributed by atoms with Crippen molar-refractivity contribution >= 4 is 15.9 Å². The lowest BCUT2D eigenvalue weighted by Crippen LogP contribution is -2.21. The van der Waals surface area contributed by atoms with Crippen LogP contribution in [0.3, 0.4) is 0 Å². The molecule has 0 bridgehead atoms. The minimum absolute atomic E-state index is 0.238. The molecule has 0 amide bonds. The SMILES string of the molecule is O=c1c(Br)c(OCc2ccccc2)ccn1Cc1ccnc(F)c1. The van der Waals surface area contributed by atoms with Crippen LogP contribution in [-0.4, -0.2) is 9.55 Å². The van der Waals surface area contributed by atoms with Gasteiger partial charge in [0.2, 0.25) is 5.95 Å². The van der Waals surface area contributed by atoms with Gasteiger partial charge in [-0.05, 0) is 45.3 Å². The summed E-state index contributed by atoms with van der Waals surface area (Å²) in [5, 5.41) is 0. The van der Waals surface area contributed by atoms with Gasteiger partial charge in [-0.3, -0.25) is 4.79 Å². The molecule has 2 heterocycles. The van der Waals surface area contributed by atoms with E-state index in [1.165, 1.54) is 16.8 Å². The standard InChI is InChI=1S/C18H14BrFN2O2/c19-17-15(24-12-13-4-2-1-3-5-13)7-9-22(18(17)23)11-14-6-8-21-16(20)10-14/h1-10H,11-12H2. The summed E-state index contributed by atoms with van der Waals surface area (Å²) in [6.45, 7) is 0.633. The molecule has 0 fully saturated rings. The Bertz CT molecular complexity index is 897. The van der Waals surface area contributed by atoms with E-state index in [1.807, 2.05) is 30.3 Å². The van der Waals surface area contributed by atoms with Crippen molar-refractivity contribution in [2.45, 2.75) is 13.2 Å². The fourth-order valence-electron chi connectivity index (χ4n) is 2.24. The van der Waals surface area contributed by atoms with E-state index in [9.17, 15) is 9.18 Å². The molecule has 122 valence electrons. The maximum Gasteiger partial charge on any atom is 0.268 e. The van der Waals surface area contributed by atoms with E-state index in [2.05, 4.69) is 20.9 Å². The van der Waals surface area contributed by atoms with Crippen LogP contribution in [0.25, 0.3) is 0 Å². The molecule has 0 aliphatic carbocycles. The zero-order valence-corrected chi connectivity index (χ0v) is 14.2. The maximum atomic E-state index is 13.1. The summed E-state index contributed by atoms with van der Waals surface area (Å²) in [4.78, 5) is 15.9. The van der Waals surface area contributed by atoms with Crippen LogP contribution in [-0.2, 0) is 13.2 Å². The molecule has 0 spiro atoms. The number of halogens is 2. The molecule has 0 aliphatic heterocycles. The van der Waals surface area contributed by atoms with Crippen molar-refractivity contribution in [1.82, 2.24) is 9.55 Å².